The second-order valence-electron chi connectivity index (χ2n) is 32.8. The van der Waals surface area contributed by atoms with Gasteiger partial charge in [0, 0.05) is 25.7 Å². The SMILES string of the molecule is CCCCCCCCCCCCCCCCCCCCCCCCC(=O)OC[C@H](COP(=O)(O)OC[C@@H](O)COP(=O)(O)OC[C@@H](COC(=O)CCCCCCCCCC(C)C)OC(=O)CCCCCCCCCCCCC(C)C)OC(=O)CCCCCCCCCCCCCCCCCCCCC(C)CC. The second-order valence-corrected chi connectivity index (χ2v) is 35.7. The first-order chi connectivity index (χ1) is 51.8. The van der Waals surface area contributed by atoms with Crippen LogP contribution in [0.3, 0.4) is 0 Å². The summed E-state index contributed by atoms with van der Waals surface area (Å²) in [6.07, 6.45) is 69.7. The van der Waals surface area contributed by atoms with Crippen molar-refractivity contribution in [2.75, 3.05) is 39.6 Å². The average Bonchev–Trinajstić information content (AvgIpc) is 0.901. The normalized spacial score (nSPS) is 14.1. The van der Waals surface area contributed by atoms with Crippen LogP contribution in [0.1, 0.15) is 466 Å². The van der Waals surface area contributed by atoms with E-state index in [0.29, 0.717) is 31.6 Å². The van der Waals surface area contributed by atoms with E-state index in [1.165, 1.54) is 270 Å². The Bertz CT molecular complexity index is 2060. The smallest absolute Gasteiger partial charge is 0.462 e. The summed E-state index contributed by atoms with van der Waals surface area (Å²) < 4.78 is 68.9. The van der Waals surface area contributed by atoms with E-state index in [9.17, 15) is 43.2 Å². The molecule has 0 aliphatic rings. The molecule has 0 radical (unpaired) electrons. The van der Waals surface area contributed by atoms with E-state index in [2.05, 4.69) is 48.5 Å². The molecule has 107 heavy (non-hydrogen) atoms. The van der Waals surface area contributed by atoms with Crippen LogP contribution < -0.4 is 0 Å². The lowest BCUT2D eigenvalue weighted by atomic mass is 9.99. The third kappa shape index (κ3) is 80.5. The van der Waals surface area contributed by atoms with Gasteiger partial charge >= 0.3 is 39.5 Å². The Morgan fingerprint density at radius 1 is 0.271 bits per heavy atom. The zero-order chi connectivity index (χ0) is 78.6. The van der Waals surface area contributed by atoms with Crippen LogP contribution in [0.25, 0.3) is 0 Å². The molecule has 0 aliphatic carbocycles. The number of aliphatic hydroxyl groups is 1. The molecule has 6 atom stereocenters. The second kappa shape index (κ2) is 78.0. The minimum Gasteiger partial charge on any atom is -0.462 e. The molecule has 0 fully saturated rings. The van der Waals surface area contributed by atoms with Crippen molar-refractivity contribution in [1.82, 2.24) is 0 Å². The van der Waals surface area contributed by atoms with Gasteiger partial charge in [0.15, 0.2) is 12.2 Å². The van der Waals surface area contributed by atoms with E-state index in [1.807, 2.05) is 0 Å². The van der Waals surface area contributed by atoms with Crippen molar-refractivity contribution < 1.29 is 80.2 Å². The van der Waals surface area contributed by atoms with Crippen molar-refractivity contribution in [2.45, 2.75) is 484 Å². The third-order valence-electron chi connectivity index (χ3n) is 21.0. The van der Waals surface area contributed by atoms with Gasteiger partial charge < -0.3 is 33.8 Å². The number of carbonyl (C=O) groups is 4. The molecule has 0 saturated carbocycles. The first-order valence-corrected chi connectivity index (χ1v) is 48.4. The molecule has 0 saturated heterocycles. The fraction of sp³-hybridized carbons (Fsp3) is 0.955. The maximum atomic E-state index is 13.2. The van der Waals surface area contributed by atoms with Gasteiger partial charge in [-0.3, -0.25) is 37.3 Å². The highest BCUT2D eigenvalue weighted by atomic mass is 31.2. The van der Waals surface area contributed by atoms with Crippen molar-refractivity contribution in [3.05, 3.63) is 0 Å². The molecule has 17 nitrogen and oxygen atoms in total. The van der Waals surface area contributed by atoms with Crippen LogP contribution in [0.4, 0.5) is 0 Å². The van der Waals surface area contributed by atoms with Crippen LogP contribution in [0.5, 0.6) is 0 Å². The van der Waals surface area contributed by atoms with Crippen LogP contribution in [-0.2, 0) is 65.4 Å². The molecule has 3 N–H and O–H groups in total. The van der Waals surface area contributed by atoms with E-state index in [4.69, 9.17) is 37.0 Å². The number of carbonyl (C=O) groups excluding carboxylic acids is 4. The molecule has 636 valence electrons. The molecule has 0 aromatic rings. The molecule has 0 amide bonds. The predicted octanol–water partition coefficient (Wildman–Crippen LogP) is 26.9. The minimum absolute atomic E-state index is 0.105. The fourth-order valence-electron chi connectivity index (χ4n) is 13.7. The molecule has 0 heterocycles. The van der Waals surface area contributed by atoms with Gasteiger partial charge in [-0.05, 0) is 43.4 Å². The molecule has 19 heteroatoms. The number of ether oxygens (including phenoxy) is 4. The zero-order valence-corrected chi connectivity index (χ0v) is 72.4. The lowest BCUT2D eigenvalue weighted by Gasteiger charge is -2.21. The van der Waals surface area contributed by atoms with Crippen LogP contribution >= 0.6 is 15.6 Å². The highest BCUT2D eigenvalue weighted by molar-refractivity contribution is 7.47. The third-order valence-corrected chi connectivity index (χ3v) is 22.9. The lowest BCUT2D eigenvalue weighted by Crippen LogP contribution is -2.30. The molecule has 0 aromatic carbocycles. The minimum atomic E-state index is -4.97. The highest BCUT2D eigenvalue weighted by Crippen LogP contribution is 2.45. The van der Waals surface area contributed by atoms with Gasteiger partial charge in [-0.1, -0.05) is 414 Å². The molecular formula is C88H172O17P2. The van der Waals surface area contributed by atoms with E-state index in [1.54, 1.807) is 0 Å². The summed E-state index contributed by atoms with van der Waals surface area (Å²) in [5.74, 6) is 0.221. The van der Waals surface area contributed by atoms with E-state index in [0.717, 1.165) is 108 Å². The first-order valence-electron chi connectivity index (χ1n) is 45.4. The number of hydrogen-bond acceptors (Lipinski definition) is 15. The number of hydrogen-bond donors (Lipinski definition) is 3. The van der Waals surface area contributed by atoms with Crippen molar-refractivity contribution in [3.63, 3.8) is 0 Å². The largest absolute Gasteiger partial charge is 0.472 e. The maximum Gasteiger partial charge on any atom is 0.472 e. The van der Waals surface area contributed by atoms with Crippen molar-refractivity contribution in [2.24, 2.45) is 17.8 Å². The van der Waals surface area contributed by atoms with Gasteiger partial charge in [0.1, 0.15) is 19.3 Å². The van der Waals surface area contributed by atoms with Crippen molar-refractivity contribution in [1.29, 1.82) is 0 Å². The quantitative estimate of drug-likeness (QED) is 0.0222. The number of phosphoric ester groups is 2. The van der Waals surface area contributed by atoms with E-state index in [-0.39, 0.29) is 25.7 Å². The Hall–Kier alpha value is -1.94. The Morgan fingerprint density at radius 2 is 0.477 bits per heavy atom. The summed E-state index contributed by atoms with van der Waals surface area (Å²) in [7, 11) is -9.93. The summed E-state index contributed by atoms with van der Waals surface area (Å²) in [4.78, 5) is 73.2. The summed E-state index contributed by atoms with van der Waals surface area (Å²) in [5.41, 5.74) is 0. The molecule has 0 aromatic heterocycles. The summed E-state index contributed by atoms with van der Waals surface area (Å²) >= 11 is 0. The van der Waals surface area contributed by atoms with E-state index < -0.39 is 97.5 Å². The highest BCUT2D eigenvalue weighted by Gasteiger charge is 2.31. The molecule has 0 aliphatic heterocycles. The van der Waals surface area contributed by atoms with Crippen LogP contribution in [0, 0.1) is 17.8 Å². The van der Waals surface area contributed by atoms with Crippen LogP contribution in [0.2, 0.25) is 0 Å². The van der Waals surface area contributed by atoms with Gasteiger partial charge in [-0.2, -0.15) is 0 Å². The number of esters is 4. The van der Waals surface area contributed by atoms with Crippen molar-refractivity contribution >= 4 is 39.5 Å². The average molecular weight is 1560 g/mol. The Morgan fingerprint density at radius 3 is 0.710 bits per heavy atom. The molecule has 0 rings (SSSR count). The number of rotatable bonds is 86. The standard InChI is InChI=1S/C88H172O17P2/c1-8-10-11-12-13-14-15-16-17-18-19-20-21-22-26-29-32-35-41-48-55-62-69-85(90)98-75-83(104-87(92)71-64-57-49-42-36-33-30-27-24-23-25-28-31-34-40-47-54-61-68-81(7)9-2)77-102-106(94,95)100-73-82(89)74-101-107(96,97)103-78-84(76-99-86(91)70-63-56-51-44-46-53-60-67-80(5)6)105-88(93)72-65-58-50-43-38-37-39-45-52-59-66-79(3)4/h79-84,89H,8-78H2,1-7H3,(H,94,95)(H,96,97)/t81?,82-,83-,84-/m1/s1. The number of unbranched alkanes of at least 4 members (excludes halogenated alkanes) is 53. The zero-order valence-electron chi connectivity index (χ0n) is 70.6. The number of aliphatic hydroxyl groups excluding tert-OH is 1. The van der Waals surface area contributed by atoms with E-state index >= 15 is 0 Å². The first kappa shape index (κ1) is 105. The van der Waals surface area contributed by atoms with Gasteiger partial charge in [-0.15, -0.1) is 0 Å². The Kier molecular flexibility index (Phi) is 76.6. The summed E-state index contributed by atoms with van der Waals surface area (Å²) in [6, 6.07) is 0. The number of phosphoric acid groups is 2. The van der Waals surface area contributed by atoms with Crippen molar-refractivity contribution in [3.8, 4) is 0 Å². The molecule has 0 spiro atoms. The van der Waals surface area contributed by atoms with Gasteiger partial charge in [0.25, 0.3) is 0 Å². The molecule has 3 unspecified atom stereocenters. The van der Waals surface area contributed by atoms with Crippen LogP contribution in [-0.4, -0.2) is 96.7 Å². The molecule has 0 bridgehead atoms. The Balaban J connectivity index is 5.20. The lowest BCUT2D eigenvalue weighted by molar-refractivity contribution is -0.161. The fourth-order valence-corrected chi connectivity index (χ4v) is 15.3. The Labute approximate surface area is 658 Å². The maximum absolute atomic E-state index is 13.2. The van der Waals surface area contributed by atoms with Gasteiger partial charge in [0.05, 0.1) is 26.4 Å². The monoisotopic (exact) mass is 1560 g/mol. The molecular weight excluding hydrogens is 1390 g/mol. The van der Waals surface area contributed by atoms with Crippen LogP contribution in [0.15, 0.2) is 0 Å². The van der Waals surface area contributed by atoms with Gasteiger partial charge in [-0.25, -0.2) is 9.13 Å². The topological polar surface area (TPSA) is 237 Å². The summed E-state index contributed by atoms with van der Waals surface area (Å²) in [6.45, 7) is 12.0. The predicted molar refractivity (Wildman–Crippen MR) is 441 cm³/mol. The summed E-state index contributed by atoms with van der Waals surface area (Å²) in [5, 5.41) is 10.7. The van der Waals surface area contributed by atoms with Gasteiger partial charge in [0.2, 0.25) is 0 Å².